The van der Waals surface area contributed by atoms with Gasteiger partial charge >= 0.3 is 0 Å². The largest absolute Gasteiger partial charge is 0.382 e. The summed E-state index contributed by atoms with van der Waals surface area (Å²) in [5.74, 6) is 0.347. The van der Waals surface area contributed by atoms with Crippen LogP contribution in [0.25, 0.3) is 0 Å². The van der Waals surface area contributed by atoms with Crippen LogP contribution in [0.2, 0.25) is 0 Å². The molecule has 0 saturated carbocycles. The van der Waals surface area contributed by atoms with Crippen LogP contribution in [0.1, 0.15) is 26.1 Å². The highest BCUT2D eigenvalue weighted by Gasteiger charge is 2.28. The van der Waals surface area contributed by atoms with E-state index in [1.54, 1.807) is 14.0 Å². The van der Waals surface area contributed by atoms with Crippen LogP contribution < -0.4 is 0 Å². The average molecular weight is 197 g/mol. The number of hydrogen-bond donors (Lipinski definition) is 1. The summed E-state index contributed by atoms with van der Waals surface area (Å²) in [6.07, 6.45) is 1.92. The van der Waals surface area contributed by atoms with Gasteiger partial charge in [0.25, 0.3) is 0 Å². The van der Waals surface area contributed by atoms with Crippen LogP contribution in [-0.2, 0) is 18.3 Å². The van der Waals surface area contributed by atoms with E-state index < -0.39 is 5.60 Å². The number of Topliss-reactive ketones (excluding diaryl/α,β-unsaturated/α-hetero) is 1. The van der Waals surface area contributed by atoms with Gasteiger partial charge in [-0.15, -0.1) is 0 Å². The third kappa shape index (κ3) is 2.17. The Morgan fingerprint density at radius 1 is 1.71 bits per heavy atom. The van der Waals surface area contributed by atoms with Gasteiger partial charge in [-0.1, -0.05) is 6.92 Å². The van der Waals surface area contributed by atoms with Gasteiger partial charge in [0, 0.05) is 7.05 Å². The third-order valence-electron chi connectivity index (χ3n) is 2.41. The average Bonchev–Trinajstić information content (AvgIpc) is 2.52. The van der Waals surface area contributed by atoms with E-state index in [0.29, 0.717) is 12.2 Å². The lowest BCUT2D eigenvalue weighted by molar-refractivity contribution is -0.135. The van der Waals surface area contributed by atoms with Gasteiger partial charge in [-0.05, 0) is 13.3 Å². The van der Waals surface area contributed by atoms with E-state index in [0.717, 1.165) is 0 Å². The van der Waals surface area contributed by atoms with Gasteiger partial charge < -0.3 is 5.11 Å². The zero-order chi connectivity index (χ0) is 10.8. The van der Waals surface area contributed by atoms with Crippen molar-refractivity contribution in [2.24, 2.45) is 7.05 Å². The van der Waals surface area contributed by atoms with E-state index in [4.69, 9.17) is 0 Å². The number of aromatic nitrogens is 3. The minimum atomic E-state index is -1.26. The summed E-state index contributed by atoms with van der Waals surface area (Å²) in [5.41, 5.74) is -1.26. The number of aryl methyl sites for hydroxylation is 1. The molecule has 0 bridgehead atoms. The molecule has 1 atom stereocenters. The van der Waals surface area contributed by atoms with Gasteiger partial charge in [0.15, 0.2) is 5.78 Å². The Balaban J connectivity index is 2.71. The van der Waals surface area contributed by atoms with Gasteiger partial charge in [0.1, 0.15) is 17.8 Å². The molecule has 0 amide bonds. The second-order valence-corrected chi connectivity index (χ2v) is 3.53. The topological polar surface area (TPSA) is 68.0 Å². The van der Waals surface area contributed by atoms with Crippen LogP contribution in [0.3, 0.4) is 0 Å². The third-order valence-corrected chi connectivity index (χ3v) is 2.41. The van der Waals surface area contributed by atoms with Crippen LogP contribution in [0, 0.1) is 0 Å². The first-order valence-electron chi connectivity index (χ1n) is 4.56. The van der Waals surface area contributed by atoms with Crippen molar-refractivity contribution < 1.29 is 9.90 Å². The van der Waals surface area contributed by atoms with E-state index in [1.807, 2.05) is 0 Å². The maximum absolute atomic E-state index is 11.6. The molecule has 0 spiro atoms. The molecule has 0 saturated heterocycles. The van der Waals surface area contributed by atoms with Crippen molar-refractivity contribution in [3.63, 3.8) is 0 Å². The molecule has 0 aliphatic heterocycles. The monoisotopic (exact) mass is 197 g/mol. The molecule has 78 valence electrons. The number of hydrogen-bond acceptors (Lipinski definition) is 4. The molecule has 0 fully saturated rings. The number of rotatable bonds is 4. The quantitative estimate of drug-likeness (QED) is 0.742. The molecule has 1 rings (SSSR count). The van der Waals surface area contributed by atoms with Crippen LogP contribution in [0.4, 0.5) is 0 Å². The number of carbonyl (C=O) groups is 1. The summed E-state index contributed by atoms with van der Waals surface area (Å²) in [6.45, 7) is 3.29. The van der Waals surface area contributed by atoms with Crippen molar-refractivity contribution in [2.45, 2.75) is 32.3 Å². The first-order chi connectivity index (χ1) is 6.47. The van der Waals surface area contributed by atoms with Crippen molar-refractivity contribution in [3.05, 3.63) is 12.2 Å². The Morgan fingerprint density at radius 3 is 2.79 bits per heavy atom. The molecule has 0 aliphatic carbocycles. The standard InChI is InChI=1S/C9H15N3O2/c1-4-9(2,14)7(13)5-8-10-6-11-12(8)3/h6,14H,4-5H2,1-3H3. The SMILES string of the molecule is CCC(C)(O)C(=O)Cc1ncnn1C. The molecular formula is C9H15N3O2. The van der Waals surface area contributed by atoms with Crippen molar-refractivity contribution in [1.82, 2.24) is 14.8 Å². The Morgan fingerprint density at radius 2 is 2.36 bits per heavy atom. The smallest absolute Gasteiger partial charge is 0.171 e. The lowest BCUT2D eigenvalue weighted by atomic mass is 9.95. The summed E-state index contributed by atoms with van der Waals surface area (Å²) in [6, 6.07) is 0. The van der Waals surface area contributed by atoms with Crippen LogP contribution >= 0.6 is 0 Å². The molecule has 0 aromatic carbocycles. The Bertz CT molecular complexity index is 331. The predicted molar refractivity (Wildman–Crippen MR) is 50.6 cm³/mol. The number of nitrogens with zero attached hydrogens (tertiary/aromatic N) is 3. The van der Waals surface area contributed by atoms with E-state index in [2.05, 4.69) is 10.1 Å². The van der Waals surface area contributed by atoms with Crippen LogP contribution in [0.5, 0.6) is 0 Å². The zero-order valence-electron chi connectivity index (χ0n) is 8.69. The Labute approximate surface area is 82.8 Å². The van der Waals surface area contributed by atoms with Crippen molar-refractivity contribution in [3.8, 4) is 0 Å². The van der Waals surface area contributed by atoms with Gasteiger partial charge in [-0.3, -0.25) is 9.48 Å². The molecule has 0 radical (unpaired) electrons. The van der Waals surface area contributed by atoms with Crippen molar-refractivity contribution in [1.29, 1.82) is 0 Å². The summed E-state index contributed by atoms with van der Waals surface area (Å²) in [4.78, 5) is 15.5. The lowest BCUT2D eigenvalue weighted by Crippen LogP contribution is -2.36. The van der Waals surface area contributed by atoms with Gasteiger partial charge in [-0.2, -0.15) is 5.10 Å². The highest BCUT2D eigenvalue weighted by Crippen LogP contribution is 2.12. The maximum Gasteiger partial charge on any atom is 0.171 e. The second-order valence-electron chi connectivity index (χ2n) is 3.53. The van der Waals surface area contributed by atoms with Gasteiger partial charge in [0.2, 0.25) is 0 Å². The Hall–Kier alpha value is -1.23. The summed E-state index contributed by atoms with van der Waals surface area (Å²) < 4.78 is 1.53. The number of aliphatic hydroxyl groups is 1. The number of ketones is 1. The summed E-state index contributed by atoms with van der Waals surface area (Å²) in [7, 11) is 1.72. The van der Waals surface area contributed by atoms with Crippen molar-refractivity contribution in [2.75, 3.05) is 0 Å². The van der Waals surface area contributed by atoms with Crippen molar-refractivity contribution >= 4 is 5.78 Å². The molecule has 1 heterocycles. The minimum absolute atomic E-state index is 0.122. The summed E-state index contributed by atoms with van der Waals surface area (Å²) in [5, 5.41) is 13.5. The predicted octanol–water partition coefficient (Wildman–Crippen LogP) is 0.0877. The molecule has 0 aliphatic rings. The minimum Gasteiger partial charge on any atom is -0.382 e. The maximum atomic E-state index is 11.6. The molecule has 1 unspecified atom stereocenters. The van der Waals surface area contributed by atoms with Gasteiger partial charge in [-0.25, -0.2) is 4.98 Å². The van der Waals surface area contributed by atoms with E-state index in [-0.39, 0.29) is 12.2 Å². The molecule has 1 N–H and O–H groups in total. The second kappa shape index (κ2) is 3.88. The fraction of sp³-hybridized carbons (Fsp3) is 0.667. The van der Waals surface area contributed by atoms with E-state index in [1.165, 1.54) is 17.9 Å². The fourth-order valence-electron chi connectivity index (χ4n) is 1.01. The number of carbonyl (C=O) groups excluding carboxylic acids is 1. The molecule has 5 heteroatoms. The molecular weight excluding hydrogens is 182 g/mol. The molecule has 5 nitrogen and oxygen atoms in total. The van der Waals surface area contributed by atoms with E-state index in [9.17, 15) is 9.90 Å². The summed E-state index contributed by atoms with van der Waals surface area (Å²) >= 11 is 0. The van der Waals surface area contributed by atoms with Gasteiger partial charge in [0.05, 0.1) is 6.42 Å². The normalized spacial score (nSPS) is 15.1. The highest BCUT2D eigenvalue weighted by molar-refractivity contribution is 5.87. The molecule has 1 aromatic heterocycles. The first kappa shape index (κ1) is 10.8. The van der Waals surface area contributed by atoms with Crippen LogP contribution in [-0.4, -0.2) is 31.3 Å². The van der Waals surface area contributed by atoms with Crippen LogP contribution in [0.15, 0.2) is 6.33 Å². The highest BCUT2D eigenvalue weighted by atomic mass is 16.3. The zero-order valence-corrected chi connectivity index (χ0v) is 8.69. The van der Waals surface area contributed by atoms with E-state index >= 15 is 0 Å². The fourth-order valence-corrected chi connectivity index (χ4v) is 1.01. The Kier molecular flexibility index (Phi) is 3.00. The molecule has 1 aromatic rings. The molecule has 14 heavy (non-hydrogen) atoms. The lowest BCUT2D eigenvalue weighted by Gasteiger charge is -2.18. The first-order valence-corrected chi connectivity index (χ1v) is 4.56.